The molecule has 0 aromatic carbocycles. The maximum absolute atomic E-state index is 8.80. The van der Waals surface area contributed by atoms with Crippen molar-refractivity contribution in [3.8, 4) is 0 Å². The summed E-state index contributed by atoms with van der Waals surface area (Å²) in [5.74, 6) is 0. The van der Waals surface area contributed by atoms with E-state index in [-0.39, 0.29) is 0 Å². The standard InChI is InChI=1S/C8H16N2O2/c1-7(11)5-9-3-4-10-6-8(2)12/h3-4,7-8,11-12H,5-6H2,1-2H3. The second kappa shape index (κ2) is 6.94. The first kappa shape index (κ1) is 11.3. The predicted molar refractivity (Wildman–Crippen MR) is 50.1 cm³/mol. The lowest BCUT2D eigenvalue weighted by Crippen LogP contribution is -2.05. The topological polar surface area (TPSA) is 65.2 Å². The van der Waals surface area contributed by atoms with E-state index < -0.39 is 12.2 Å². The van der Waals surface area contributed by atoms with E-state index in [0.717, 1.165) is 0 Å². The fourth-order valence-electron chi connectivity index (χ4n) is 0.521. The molecule has 0 aromatic rings. The molecule has 0 amide bonds. The Kier molecular flexibility index (Phi) is 6.51. The minimum atomic E-state index is -0.411. The average molecular weight is 172 g/mol. The smallest absolute Gasteiger partial charge is 0.0707 e. The minimum absolute atomic E-state index is 0.390. The predicted octanol–water partition coefficient (Wildman–Crippen LogP) is -0.110. The van der Waals surface area contributed by atoms with E-state index in [1.54, 1.807) is 13.8 Å². The minimum Gasteiger partial charge on any atom is -0.391 e. The number of nitrogens with zero attached hydrogens (tertiary/aromatic N) is 2. The van der Waals surface area contributed by atoms with Gasteiger partial charge in [-0.05, 0) is 13.8 Å². The second-order valence-corrected chi connectivity index (χ2v) is 2.73. The average Bonchev–Trinajstić information content (AvgIpc) is 1.95. The molecule has 0 radical (unpaired) electrons. The molecule has 2 atom stereocenters. The molecular weight excluding hydrogens is 156 g/mol. The molecule has 2 unspecified atom stereocenters. The van der Waals surface area contributed by atoms with Gasteiger partial charge in [-0.1, -0.05) is 0 Å². The number of hydrogen-bond acceptors (Lipinski definition) is 4. The van der Waals surface area contributed by atoms with Gasteiger partial charge in [0.25, 0.3) is 0 Å². The van der Waals surface area contributed by atoms with Gasteiger partial charge in [-0.25, -0.2) is 0 Å². The summed E-state index contributed by atoms with van der Waals surface area (Å²) in [7, 11) is 0. The molecule has 4 nitrogen and oxygen atoms in total. The van der Waals surface area contributed by atoms with Crippen LogP contribution in [0.15, 0.2) is 9.98 Å². The molecule has 0 saturated heterocycles. The molecule has 0 heterocycles. The van der Waals surface area contributed by atoms with Crippen LogP contribution in [0.2, 0.25) is 0 Å². The first-order valence-electron chi connectivity index (χ1n) is 3.97. The summed E-state index contributed by atoms with van der Waals surface area (Å²) < 4.78 is 0. The zero-order valence-corrected chi connectivity index (χ0v) is 7.51. The highest BCUT2D eigenvalue weighted by Crippen LogP contribution is 1.80. The SMILES string of the molecule is CC(O)CN=CC=NCC(C)O. The van der Waals surface area contributed by atoms with Gasteiger partial charge in [-0.3, -0.25) is 9.98 Å². The molecule has 0 spiro atoms. The van der Waals surface area contributed by atoms with E-state index in [9.17, 15) is 0 Å². The molecule has 0 rings (SSSR count). The largest absolute Gasteiger partial charge is 0.391 e. The Bertz CT molecular complexity index is 135. The molecule has 70 valence electrons. The van der Waals surface area contributed by atoms with Crippen LogP contribution in [0.5, 0.6) is 0 Å². The summed E-state index contributed by atoms with van der Waals surface area (Å²) in [5, 5.41) is 17.6. The number of aliphatic hydroxyl groups is 2. The van der Waals surface area contributed by atoms with Crippen LogP contribution in [-0.2, 0) is 0 Å². The maximum Gasteiger partial charge on any atom is 0.0707 e. The van der Waals surface area contributed by atoms with Crippen molar-refractivity contribution in [2.45, 2.75) is 26.1 Å². The summed E-state index contributed by atoms with van der Waals surface area (Å²) >= 11 is 0. The third-order valence-electron chi connectivity index (χ3n) is 1.02. The lowest BCUT2D eigenvalue weighted by molar-refractivity contribution is 0.203. The van der Waals surface area contributed by atoms with E-state index in [0.29, 0.717) is 13.1 Å². The van der Waals surface area contributed by atoms with E-state index in [4.69, 9.17) is 10.2 Å². The molecule has 4 heteroatoms. The lowest BCUT2D eigenvalue weighted by Gasteiger charge is -1.95. The zero-order chi connectivity index (χ0) is 9.40. The quantitative estimate of drug-likeness (QED) is 0.568. The van der Waals surface area contributed by atoms with Gasteiger partial charge in [0.05, 0.1) is 25.3 Å². The fourth-order valence-corrected chi connectivity index (χ4v) is 0.521. The maximum atomic E-state index is 8.80. The Balaban J connectivity index is 3.39. The first-order chi connectivity index (χ1) is 5.63. The molecule has 0 aliphatic heterocycles. The summed E-state index contributed by atoms with van der Waals surface area (Å²) in [4.78, 5) is 7.72. The molecule has 0 saturated carbocycles. The third kappa shape index (κ3) is 9.26. The van der Waals surface area contributed by atoms with Gasteiger partial charge in [0.15, 0.2) is 0 Å². The van der Waals surface area contributed by atoms with Crippen LogP contribution >= 0.6 is 0 Å². The van der Waals surface area contributed by atoms with Crippen LogP contribution in [0, 0.1) is 0 Å². The Morgan fingerprint density at radius 2 is 1.33 bits per heavy atom. The van der Waals surface area contributed by atoms with Crippen molar-refractivity contribution in [2.24, 2.45) is 9.98 Å². The van der Waals surface area contributed by atoms with E-state index >= 15 is 0 Å². The van der Waals surface area contributed by atoms with Crippen molar-refractivity contribution in [3.63, 3.8) is 0 Å². The number of aliphatic imine (C=N–C) groups is 2. The summed E-state index contributed by atoms with van der Waals surface area (Å²) in [5.41, 5.74) is 0. The molecule has 0 aliphatic rings. The van der Waals surface area contributed by atoms with Crippen LogP contribution in [0.3, 0.4) is 0 Å². The van der Waals surface area contributed by atoms with Gasteiger partial charge in [0.1, 0.15) is 0 Å². The van der Waals surface area contributed by atoms with Crippen LogP contribution in [0.1, 0.15) is 13.8 Å². The van der Waals surface area contributed by atoms with E-state index in [2.05, 4.69) is 9.98 Å². The van der Waals surface area contributed by atoms with Gasteiger partial charge in [-0.15, -0.1) is 0 Å². The summed E-state index contributed by atoms with van der Waals surface area (Å²) in [6.07, 6.45) is 2.22. The zero-order valence-electron chi connectivity index (χ0n) is 7.51. The van der Waals surface area contributed by atoms with Crippen molar-refractivity contribution in [3.05, 3.63) is 0 Å². The van der Waals surface area contributed by atoms with Gasteiger partial charge >= 0.3 is 0 Å². The lowest BCUT2D eigenvalue weighted by atomic mass is 10.4. The highest BCUT2D eigenvalue weighted by Gasteiger charge is 1.89. The Morgan fingerprint density at radius 1 is 1.00 bits per heavy atom. The Hall–Kier alpha value is -0.740. The van der Waals surface area contributed by atoms with Crippen LogP contribution in [0.4, 0.5) is 0 Å². The van der Waals surface area contributed by atoms with Gasteiger partial charge in [0.2, 0.25) is 0 Å². The second-order valence-electron chi connectivity index (χ2n) is 2.73. The third-order valence-corrected chi connectivity index (χ3v) is 1.02. The number of hydrogen-bond donors (Lipinski definition) is 2. The van der Waals surface area contributed by atoms with Gasteiger partial charge in [0, 0.05) is 12.4 Å². The molecule has 12 heavy (non-hydrogen) atoms. The molecule has 0 aliphatic carbocycles. The van der Waals surface area contributed by atoms with Crippen LogP contribution in [0.25, 0.3) is 0 Å². The van der Waals surface area contributed by atoms with Gasteiger partial charge < -0.3 is 10.2 Å². The molecule has 2 N–H and O–H groups in total. The van der Waals surface area contributed by atoms with Crippen molar-refractivity contribution in [2.75, 3.05) is 13.1 Å². The number of aliphatic hydroxyl groups excluding tert-OH is 2. The number of rotatable bonds is 5. The fraction of sp³-hybridized carbons (Fsp3) is 0.750. The van der Waals surface area contributed by atoms with E-state index in [1.165, 1.54) is 12.4 Å². The summed E-state index contributed by atoms with van der Waals surface area (Å²) in [6.45, 7) is 4.12. The van der Waals surface area contributed by atoms with Gasteiger partial charge in [-0.2, -0.15) is 0 Å². The molecule has 0 bridgehead atoms. The van der Waals surface area contributed by atoms with Crippen LogP contribution < -0.4 is 0 Å². The highest BCUT2D eigenvalue weighted by atomic mass is 16.3. The van der Waals surface area contributed by atoms with Crippen molar-refractivity contribution < 1.29 is 10.2 Å². The normalized spacial score (nSPS) is 17.3. The summed E-state index contributed by atoms with van der Waals surface area (Å²) in [6, 6.07) is 0. The molecular formula is C8H16N2O2. The Morgan fingerprint density at radius 3 is 1.58 bits per heavy atom. The first-order valence-corrected chi connectivity index (χ1v) is 3.97. The van der Waals surface area contributed by atoms with Crippen LogP contribution in [-0.4, -0.2) is 47.9 Å². The highest BCUT2D eigenvalue weighted by molar-refractivity contribution is 6.15. The molecule has 0 fully saturated rings. The monoisotopic (exact) mass is 172 g/mol. The van der Waals surface area contributed by atoms with Crippen molar-refractivity contribution in [1.29, 1.82) is 0 Å². The Labute approximate surface area is 72.7 Å². The van der Waals surface area contributed by atoms with Crippen molar-refractivity contribution >= 4 is 12.4 Å². The van der Waals surface area contributed by atoms with Crippen molar-refractivity contribution in [1.82, 2.24) is 0 Å². The molecule has 0 aromatic heterocycles. The van der Waals surface area contributed by atoms with E-state index in [1.807, 2.05) is 0 Å².